The molecule has 0 aliphatic heterocycles. The van der Waals surface area contributed by atoms with E-state index in [1.807, 2.05) is 0 Å². The van der Waals surface area contributed by atoms with Gasteiger partial charge in [0.15, 0.2) is 0 Å². The SMILES string of the molecule is CCCCOCCO.[Mg+2].[O-][Cl+3]([O-])([O-])[O-].[O-][Cl+3]([O-])([O-])[O-]. The molecule has 0 amide bonds. The standard InChI is InChI=1S/C6H14O2.2ClHO4.Mg/c1-2-3-5-8-6-4-7;2*2-1(3,4)5;/h7H,2-6H2,1H3;2*(H,2,3,4,5);/q;;;+2/p-2. The minimum Gasteiger partial charge on any atom is -0.394 e. The number of ether oxygens (including phenoxy) is 1. The second kappa shape index (κ2) is 17.0. The molecule has 0 saturated carbocycles. The quantitative estimate of drug-likeness (QED) is 0.368. The zero-order valence-corrected chi connectivity index (χ0v) is 13.0. The van der Waals surface area contributed by atoms with Gasteiger partial charge in [-0.25, -0.2) is 37.3 Å². The third-order valence-corrected chi connectivity index (χ3v) is 0.878. The number of aliphatic hydroxyl groups is 1. The average molecular weight is 341 g/mol. The Hall–Kier alpha value is 0.946. The van der Waals surface area contributed by atoms with Gasteiger partial charge in [0.2, 0.25) is 0 Å². The van der Waals surface area contributed by atoms with Crippen molar-refractivity contribution in [2.45, 2.75) is 19.8 Å². The van der Waals surface area contributed by atoms with Crippen LogP contribution < -0.4 is 37.3 Å². The van der Waals surface area contributed by atoms with E-state index in [1.54, 1.807) is 0 Å². The van der Waals surface area contributed by atoms with Gasteiger partial charge in [0, 0.05) is 6.61 Å². The normalized spacial score (nSPS) is 10.4. The van der Waals surface area contributed by atoms with Gasteiger partial charge in [0.1, 0.15) is 0 Å². The van der Waals surface area contributed by atoms with E-state index >= 15 is 0 Å². The molecule has 0 radical (unpaired) electrons. The van der Waals surface area contributed by atoms with Crippen molar-refractivity contribution in [2.24, 2.45) is 0 Å². The van der Waals surface area contributed by atoms with Crippen LogP contribution in [0.15, 0.2) is 0 Å². The van der Waals surface area contributed by atoms with E-state index in [2.05, 4.69) is 6.92 Å². The average Bonchev–Trinajstić information content (AvgIpc) is 2.07. The Morgan fingerprint density at radius 1 is 0.842 bits per heavy atom. The third-order valence-electron chi connectivity index (χ3n) is 0.878. The molecule has 0 spiro atoms. The zero-order valence-electron chi connectivity index (χ0n) is 10.1. The molecule has 10 nitrogen and oxygen atoms in total. The molecular formula is C6H14Cl2MgO10. The Balaban J connectivity index is -0.0000000906. The van der Waals surface area contributed by atoms with Crippen LogP contribution in [-0.2, 0) is 4.74 Å². The Bertz CT molecular complexity index is 131. The first kappa shape index (κ1) is 28.2. The summed E-state index contributed by atoms with van der Waals surface area (Å²) in [6, 6.07) is 0. The molecule has 19 heavy (non-hydrogen) atoms. The van der Waals surface area contributed by atoms with Crippen molar-refractivity contribution in [3.05, 3.63) is 0 Å². The smallest absolute Gasteiger partial charge is 0.394 e. The number of hydrogen-bond acceptors (Lipinski definition) is 10. The first-order valence-electron chi connectivity index (χ1n) is 4.34. The van der Waals surface area contributed by atoms with Crippen LogP contribution in [0.2, 0.25) is 0 Å². The van der Waals surface area contributed by atoms with E-state index in [0.717, 1.165) is 19.4 Å². The van der Waals surface area contributed by atoms with Gasteiger partial charge in [0.25, 0.3) is 0 Å². The van der Waals surface area contributed by atoms with Crippen molar-refractivity contribution in [3.63, 3.8) is 0 Å². The summed E-state index contributed by atoms with van der Waals surface area (Å²) in [4.78, 5) is 0. The second-order valence-electron chi connectivity index (χ2n) is 2.45. The summed E-state index contributed by atoms with van der Waals surface area (Å²) in [5.74, 6) is 0. The molecule has 0 saturated heterocycles. The molecule has 13 heteroatoms. The van der Waals surface area contributed by atoms with Crippen molar-refractivity contribution in [3.8, 4) is 0 Å². The maximum absolute atomic E-state index is 8.49. The molecule has 0 atom stereocenters. The van der Waals surface area contributed by atoms with Crippen LogP contribution in [-0.4, -0.2) is 48.0 Å². The van der Waals surface area contributed by atoms with Gasteiger partial charge >= 0.3 is 23.1 Å². The van der Waals surface area contributed by atoms with Crippen LogP contribution in [0.1, 0.15) is 19.8 Å². The van der Waals surface area contributed by atoms with Crippen molar-refractivity contribution in [2.75, 3.05) is 19.8 Å². The summed E-state index contributed by atoms with van der Waals surface area (Å²) >= 11 is 0. The molecule has 0 aromatic rings. The molecule has 0 heterocycles. The van der Waals surface area contributed by atoms with Crippen molar-refractivity contribution >= 4 is 23.1 Å². The third kappa shape index (κ3) is 154. The summed E-state index contributed by atoms with van der Waals surface area (Å²) in [5.41, 5.74) is 0. The van der Waals surface area contributed by atoms with Gasteiger partial charge < -0.3 is 9.84 Å². The fourth-order valence-corrected chi connectivity index (χ4v) is 0.413. The van der Waals surface area contributed by atoms with E-state index in [9.17, 15) is 0 Å². The van der Waals surface area contributed by atoms with E-state index in [-0.39, 0.29) is 29.7 Å². The van der Waals surface area contributed by atoms with Crippen LogP contribution >= 0.6 is 0 Å². The van der Waals surface area contributed by atoms with Crippen LogP contribution in [0.25, 0.3) is 0 Å². The number of unbranched alkanes of at least 4 members (excludes halogenated alkanes) is 1. The first-order valence-corrected chi connectivity index (χ1v) is 6.80. The Kier molecular flexibility index (Phi) is 25.2. The maximum atomic E-state index is 8.49. The molecule has 0 bridgehead atoms. The van der Waals surface area contributed by atoms with Crippen molar-refractivity contribution < 1.29 is 67.6 Å². The number of rotatable bonds is 5. The monoisotopic (exact) mass is 340 g/mol. The minimum absolute atomic E-state index is 0. The van der Waals surface area contributed by atoms with E-state index in [4.69, 9.17) is 47.1 Å². The van der Waals surface area contributed by atoms with Gasteiger partial charge in [-0.1, -0.05) is 13.3 Å². The fourth-order valence-electron chi connectivity index (χ4n) is 0.413. The van der Waals surface area contributed by atoms with E-state index in [1.165, 1.54) is 0 Å². The predicted octanol–water partition coefficient (Wildman–Crippen LogP) is -9.10. The Morgan fingerprint density at radius 2 is 1.16 bits per heavy atom. The molecular weight excluding hydrogens is 327 g/mol. The summed E-state index contributed by atoms with van der Waals surface area (Å²) < 4.78 is 72.9. The van der Waals surface area contributed by atoms with Gasteiger partial charge in [-0.3, -0.25) is 0 Å². The maximum Gasteiger partial charge on any atom is 2.00 e. The first-order chi connectivity index (χ1) is 7.91. The van der Waals surface area contributed by atoms with Crippen LogP contribution in [0.3, 0.4) is 0 Å². The predicted molar refractivity (Wildman–Crippen MR) is 38.6 cm³/mol. The number of aliphatic hydroxyl groups excluding tert-OH is 1. The Labute approximate surface area is 130 Å². The molecule has 0 aromatic heterocycles. The molecule has 0 aromatic carbocycles. The second-order valence-corrected chi connectivity index (χ2v) is 3.96. The largest absolute Gasteiger partial charge is 2.00 e. The molecule has 0 unspecified atom stereocenters. The van der Waals surface area contributed by atoms with Gasteiger partial charge in [-0.15, -0.1) is 20.5 Å². The zero-order chi connectivity index (χ0) is 15.2. The van der Waals surface area contributed by atoms with Gasteiger partial charge in [0.05, 0.1) is 13.2 Å². The summed E-state index contributed by atoms with van der Waals surface area (Å²) in [6.07, 6.45) is 2.26. The van der Waals surface area contributed by atoms with Crippen LogP contribution in [0.5, 0.6) is 0 Å². The fraction of sp³-hybridized carbons (Fsp3) is 1.00. The van der Waals surface area contributed by atoms with Gasteiger partial charge in [-0.05, 0) is 6.42 Å². The number of hydrogen-bond donors (Lipinski definition) is 1. The summed E-state index contributed by atoms with van der Waals surface area (Å²) in [7, 11) is -9.89. The molecule has 0 fully saturated rings. The molecule has 0 aliphatic carbocycles. The molecule has 114 valence electrons. The van der Waals surface area contributed by atoms with Crippen molar-refractivity contribution in [1.82, 2.24) is 0 Å². The van der Waals surface area contributed by atoms with E-state index < -0.39 is 20.5 Å². The molecule has 0 rings (SSSR count). The van der Waals surface area contributed by atoms with Crippen LogP contribution in [0, 0.1) is 20.5 Å². The minimum atomic E-state index is -4.94. The topological polar surface area (TPSA) is 214 Å². The van der Waals surface area contributed by atoms with Crippen LogP contribution in [0.4, 0.5) is 0 Å². The Morgan fingerprint density at radius 3 is 1.37 bits per heavy atom. The van der Waals surface area contributed by atoms with Gasteiger partial charge in [-0.2, -0.15) is 0 Å². The molecule has 1 N–H and O–H groups in total. The number of halogens is 2. The van der Waals surface area contributed by atoms with Crippen molar-refractivity contribution in [1.29, 1.82) is 0 Å². The summed E-state index contributed by atoms with van der Waals surface area (Å²) in [5, 5.41) is 8.24. The molecule has 0 aliphatic rings. The van der Waals surface area contributed by atoms with E-state index in [0.29, 0.717) is 6.61 Å². The summed E-state index contributed by atoms with van der Waals surface area (Å²) in [6.45, 7) is 3.53.